The van der Waals surface area contributed by atoms with Crippen LogP contribution in [-0.2, 0) is 0 Å². The highest BCUT2D eigenvalue weighted by Gasteiger charge is 2.22. The highest BCUT2D eigenvalue weighted by molar-refractivity contribution is 6.01. The van der Waals surface area contributed by atoms with Crippen molar-refractivity contribution in [3.8, 4) is 44.5 Å². The van der Waals surface area contributed by atoms with Gasteiger partial charge in [-0.3, -0.25) is 0 Å². The van der Waals surface area contributed by atoms with Crippen molar-refractivity contribution in [1.29, 1.82) is 5.39 Å². The van der Waals surface area contributed by atoms with Gasteiger partial charge in [0.1, 0.15) is 0 Å². The summed E-state index contributed by atoms with van der Waals surface area (Å²) in [5.41, 5.74) is 15.1. The Morgan fingerprint density at radius 1 is 0.380 bits per heavy atom. The molecule has 2 aliphatic heterocycles. The monoisotopic (exact) mass is 641 g/mol. The Bertz CT molecular complexity index is 2660. The lowest BCUT2D eigenvalue weighted by Crippen LogP contribution is -1.89. The number of H-pyrrole nitrogens is 2. The zero-order valence-corrected chi connectivity index (χ0v) is 26.9. The Balaban J connectivity index is 1.50. The minimum Gasteiger partial charge on any atom is -0.354 e. The molecule has 3 aromatic heterocycles. The van der Waals surface area contributed by atoms with Crippen LogP contribution in [0.1, 0.15) is 22.8 Å². The van der Waals surface area contributed by atoms with Crippen molar-refractivity contribution in [3.05, 3.63) is 167 Å². The van der Waals surface area contributed by atoms with Gasteiger partial charge >= 0.3 is 5.69 Å². The number of benzene rings is 4. The molecule has 7 aromatic rings. The van der Waals surface area contributed by atoms with Crippen LogP contribution < -0.4 is 0 Å². The Morgan fingerprint density at radius 2 is 0.720 bits per heavy atom. The van der Waals surface area contributed by atoms with Crippen LogP contribution in [0.2, 0.25) is 0 Å². The number of hydrogen-bond acceptors (Lipinski definition) is 3. The highest BCUT2D eigenvalue weighted by atomic mass is 14.9. The normalized spacial score (nSPS) is 11.8. The molecule has 234 valence electrons. The molecule has 0 saturated carbocycles. The van der Waals surface area contributed by atoms with Crippen molar-refractivity contribution >= 4 is 52.1 Å². The molecule has 0 atom stereocenters. The standard InChI is InChI=1S/C44H28N6/c45-50-32-19-11-10-18-31(32)44-39-26-24-37(48-39)42(29-14-6-2-7-15-29)35-22-20-33(46-35)41(28-12-4-1-5-13-28)34-21-23-36(47-34)43(30-16-8-3-9-17-30)38-25-27-40(44)49-38/h1-27,45H/p+1. The first-order valence-electron chi connectivity index (χ1n) is 16.5. The average molecular weight is 642 g/mol. The molecule has 0 aliphatic carbocycles. The smallest absolute Gasteiger partial charge is 0.354 e. The Morgan fingerprint density at radius 3 is 1.12 bits per heavy atom. The lowest BCUT2D eigenvalue weighted by Gasteiger charge is -2.06. The van der Waals surface area contributed by atoms with Gasteiger partial charge in [-0.1, -0.05) is 103 Å². The number of aromatic nitrogens is 4. The van der Waals surface area contributed by atoms with Crippen LogP contribution in [0.25, 0.3) is 95.9 Å². The molecule has 0 radical (unpaired) electrons. The van der Waals surface area contributed by atoms with Gasteiger partial charge < -0.3 is 9.97 Å². The number of aromatic amines is 2. The minimum atomic E-state index is 0.456. The number of nitrogens with one attached hydrogen (secondary N) is 2. The van der Waals surface area contributed by atoms with Gasteiger partial charge in [-0.05, 0) is 71.3 Å². The summed E-state index contributed by atoms with van der Waals surface area (Å²) in [5, 5.41) is 10.1. The number of nitrogens with zero attached hydrogens (tertiary/aromatic N) is 4. The first-order chi connectivity index (χ1) is 24.7. The van der Waals surface area contributed by atoms with Crippen molar-refractivity contribution < 1.29 is 0 Å². The van der Waals surface area contributed by atoms with Crippen LogP contribution in [0.3, 0.4) is 0 Å². The quantitative estimate of drug-likeness (QED) is 0.188. The summed E-state index contributed by atoms with van der Waals surface area (Å²) in [5.74, 6) is 0. The summed E-state index contributed by atoms with van der Waals surface area (Å²) in [7, 11) is 0. The van der Waals surface area contributed by atoms with Crippen molar-refractivity contribution in [3.63, 3.8) is 0 Å². The average Bonchev–Trinajstić information content (AvgIpc) is 4.01. The third kappa shape index (κ3) is 5.02. The van der Waals surface area contributed by atoms with E-state index in [1.807, 2.05) is 66.7 Å². The van der Waals surface area contributed by atoms with Crippen molar-refractivity contribution in [1.82, 2.24) is 19.9 Å². The fourth-order valence-electron chi connectivity index (χ4n) is 6.99. The number of fused-ring (bicyclic) bond motifs is 8. The lowest BCUT2D eigenvalue weighted by molar-refractivity contribution is 1.31. The van der Waals surface area contributed by atoms with Gasteiger partial charge in [0.05, 0.1) is 28.3 Å². The van der Waals surface area contributed by atoms with E-state index in [9.17, 15) is 5.39 Å². The summed E-state index contributed by atoms with van der Waals surface area (Å²) >= 11 is 0. The van der Waals surface area contributed by atoms with E-state index in [2.05, 4.69) is 106 Å². The maximum atomic E-state index is 10.1. The molecule has 2 N–H and O–H groups in total. The van der Waals surface area contributed by atoms with Crippen molar-refractivity contribution in [2.45, 2.75) is 0 Å². The van der Waals surface area contributed by atoms with Crippen molar-refractivity contribution in [2.24, 2.45) is 0 Å². The van der Waals surface area contributed by atoms with Gasteiger partial charge in [0, 0.05) is 50.4 Å². The van der Waals surface area contributed by atoms with Crippen LogP contribution >= 0.6 is 0 Å². The SMILES string of the molecule is N#[N+]c1ccccc1-c1c2nc(c(-c3ccccc3)c3ccc([nH]3)c(-c3ccccc3)c3nc(c(-c4ccccc4)c4ccc1[nH]4)C=C3)C=C2. The van der Waals surface area contributed by atoms with Gasteiger partial charge in [-0.25, -0.2) is 9.97 Å². The third-order valence-corrected chi connectivity index (χ3v) is 9.22. The summed E-state index contributed by atoms with van der Waals surface area (Å²) in [6, 6.07) is 47.1. The van der Waals surface area contributed by atoms with Gasteiger partial charge in [-0.2, -0.15) is 0 Å². The van der Waals surface area contributed by atoms with Crippen LogP contribution in [0.15, 0.2) is 140 Å². The first-order valence-corrected chi connectivity index (χ1v) is 16.5. The highest BCUT2D eigenvalue weighted by Crippen LogP contribution is 2.40. The van der Waals surface area contributed by atoms with Crippen molar-refractivity contribution in [2.75, 3.05) is 0 Å². The molecular formula is C44H29N6+. The second-order valence-corrected chi connectivity index (χ2v) is 12.2. The van der Waals surface area contributed by atoms with E-state index in [4.69, 9.17) is 9.97 Å². The molecule has 5 heterocycles. The van der Waals surface area contributed by atoms with E-state index in [-0.39, 0.29) is 0 Å². The molecule has 0 amide bonds. The topological polar surface area (TPSA) is 85.5 Å². The maximum absolute atomic E-state index is 10.1. The number of diazo groups is 1. The van der Waals surface area contributed by atoms with Gasteiger partial charge in [0.2, 0.25) is 5.39 Å². The van der Waals surface area contributed by atoms with E-state index >= 15 is 0 Å². The largest absolute Gasteiger partial charge is 0.392 e. The maximum Gasteiger partial charge on any atom is 0.392 e. The number of hydrogen-bond donors (Lipinski definition) is 2. The van der Waals surface area contributed by atoms with E-state index in [0.717, 1.165) is 89.4 Å². The molecule has 0 unspecified atom stereocenters. The second kappa shape index (κ2) is 12.2. The molecule has 0 fully saturated rings. The Kier molecular flexibility index (Phi) is 7.07. The third-order valence-electron chi connectivity index (χ3n) is 9.22. The Labute approximate surface area is 288 Å². The zero-order valence-electron chi connectivity index (χ0n) is 26.9. The molecule has 6 heteroatoms. The molecule has 2 aliphatic rings. The second-order valence-electron chi connectivity index (χ2n) is 12.2. The van der Waals surface area contributed by atoms with E-state index in [1.54, 1.807) is 6.07 Å². The molecule has 0 saturated heterocycles. The predicted molar refractivity (Wildman–Crippen MR) is 205 cm³/mol. The van der Waals surface area contributed by atoms with Gasteiger partial charge in [0.15, 0.2) is 4.98 Å². The molecule has 6 nitrogen and oxygen atoms in total. The van der Waals surface area contributed by atoms with E-state index in [1.165, 1.54) is 0 Å². The van der Waals surface area contributed by atoms with Gasteiger partial charge in [0.25, 0.3) is 0 Å². The minimum absolute atomic E-state index is 0.456. The molecule has 8 bridgehead atoms. The molecular weight excluding hydrogens is 613 g/mol. The Hall–Kier alpha value is -7.10. The summed E-state index contributed by atoms with van der Waals surface area (Å²) in [6.45, 7) is 0. The fourth-order valence-corrected chi connectivity index (χ4v) is 6.99. The first kappa shape index (κ1) is 29.1. The molecule has 50 heavy (non-hydrogen) atoms. The number of rotatable bonds is 4. The summed E-state index contributed by atoms with van der Waals surface area (Å²) < 4.78 is 0. The zero-order chi connectivity index (χ0) is 33.4. The predicted octanol–water partition coefficient (Wildman–Crippen LogP) is 11.8. The van der Waals surface area contributed by atoms with Crippen LogP contribution in [0, 0.1) is 5.39 Å². The molecule has 0 spiro atoms. The summed E-state index contributed by atoms with van der Waals surface area (Å²) in [6.07, 6.45) is 8.30. The van der Waals surface area contributed by atoms with Crippen LogP contribution in [0.4, 0.5) is 5.69 Å². The van der Waals surface area contributed by atoms with Crippen LogP contribution in [0.5, 0.6) is 0 Å². The van der Waals surface area contributed by atoms with E-state index < -0.39 is 0 Å². The lowest BCUT2D eigenvalue weighted by atomic mass is 10.0. The van der Waals surface area contributed by atoms with Gasteiger partial charge in [-0.15, -0.1) is 0 Å². The summed E-state index contributed by atoms with van der Waals surface area (Å²) in [4.78, 5) is 21.8. The fraction of sp³-hybridized carbons (Fsp3) is 0. The van der Waals surface area contributed by atoms with E-state index in [0.29, 0.717) is 5.69 Å². The molecule has 4 aromatic carbocycles. The molecule has 9 rings (SSSR count). The van der Waals surface area contributed by atoms with Crippen LogP contribution in [-0.4, -0.2) is 19.9 Å².